The van der Waals surface area contributed by atoms with Crippen LogP contribution in [0.15, 0.2) is 0 Å². The molecule has 1 saturated heterocycles. The first-order valence-corrected chi connectivity index (χ1v) is 6.00. The van der Waals surface area contributed by atoms with Gasteiger partial charge in [-0.25, -0.2) is 0 Å². The second kappa shape index (κ2) is 8.08. The number of rotatable bonds is 8. The molecule has 0 radical (unpaired) electrons. The molecule has 15 heavy (non-hydrogen) atoms. The molecule has 1 aliphatic rings. The molecular formula is C12H24O3. The van der Waals surface area contributed by atoms with Crippen molar-refractivity contribution < 1.29 is 14.2 Å². The average molecular weight is 216 g/mol. The zero-order chi connectivity index (χ0) is 10.9. The third kappa shape index (κ3) is 5.50. The van der Waals surface area contributed by atoms with E-state index in [0.717, 1.165) is 38.9 Å². The lowest BCUT2D eigenvalue weighted by Crippen LogP contribution is -2.12. The summed E-state index contributed by atoms with van der Waals surface area (Å²) in [4.78, 5) is 0. The van der Waals surface area contributed by atoms with Crippen molar-refractivity contribution in [2.45, 2.75) is 50.7 Å². The molecule has 3 heteroatoms. The van der Waals surface area contributed by atoms with Gasteiger partial charge in [-0.1, -0.05) is 0 Å². The fourth-order valence-electron chi connectivity index (χ4n) is 2.12. The molecule has 1 rings (SSSR count). The van der Waals surface area contributed by atoms with E-state index in [2.05, 4.69) is 0 Å². The van der Waals surface area contributed by atoms with Crippen molar-refractivity contribution in [1.29, 1.82) is 0 Å². The van der Waals surface area contributed by atoms with E-state index in [1.807, 2.05) is 0 Å². The first-order valence-electron chi connectivity index (χ1n) is 6.00. The monoisotopic (exact) mass is 216 g/mol. The normalized spacial score (nSPS) is 26.0. The molecule has 90 valence electrons. The molecule has 3 nitrogen and oxygen atoms in total. The number of methoxy groups -OCH3 is 2. The van der Waals surface area contributed by atoms with Gasteiger partial charge in [-0.15, -0.1) is 0 Å². The molecule has 0 aromatic heterocycles. The van der Waals surface area contributed by atoms with E-state index < -0.39 is 0 Å². The third-order valence-electron chi connectivity index (χ3n) is 2.94. The Bertz CT molecular complexity index is 134. The van der Waals surface area contributed by atoms with Crippen LogP contribution in [-0.4, -0.2) is 39.6 Å². The van der Waals surface area contributed by atoms with Crippen molar-refractivity contribution >= 4 is 0 Å². The van der Waals surface area contributed by atoms with E-state index in [9.17, 15) is 0 Å². The molecule has 1 aliphatic heterocycles. The minimum absolute atomic E-state index is 0.479. The lowest BCUT2D eigenvalue weighted by atomic mass is 10.1. The summed E-state index contributed by atoms with van der Waals surface area (Å²) >= 11 is 0. The van der Waals surface area contributed by atoms with Crippen LogP contribution < -0.4 is 0 Å². The number of hydrogen-bond donors (Lipinski definition) is 0. The maximum atomic E-state index is 5.94. The molecule has 0 aromatic rings. The van der Waals surface area contributed by atoms with Gasteiger partial charge in [0.15, 0.2) is 0 Å². The fraction of sp³-hybridized carbons (Fsp3) is 1.00. The van der Waals surface area contributed by atoms with Crippen molar-refractivity contribution in [1.82, 2.24) is 0 Å². The highest BCUT2D eigenvalue weighted by atomic mass is 16.5. The van der Waals surface area contributed by atoms with Gasteiger partial charge in [0.25, 0.3) is 0 Å². The zero-order valence-corrected chi connectivity index (χ0v) is 10.0. The van der Waals surface area contributed by atoms with Crippen LogP contribution in [0.25, 0.3) is 0 Å². The smallest absolute Gasteiger partial charge is 0.0580 e. The minimum atomic E-state index is 0.479. The van der Waals surface area contributed by atoms with Crippen LogP contribution in [0.3, 0.4) is 0 Å². The molecule has 0 spiro atoms. The van der Waals surface area contributed by atoms with Crippen LogP contribution >= 0.6 is 0 Å². The highest BCUT2D eigenvalue weighted by Crippen LogP contribution is 2.25. The van der Waals surface area contributed by atoms with Crippen LogP contribution in [0.2, 0.25) is 0 Å². The molecule has 1 fully saturated rings. The van der Waals surface area contributed by atoms with Crippen molar-refractivity contribution in [3.8, 4) is 0 Å². The van der Waals surface area contributed by atoms with Crippen LogP contribution in [0.5, 0.6) is 0 Å². The van der Waals surface area contributed by atoms with E-state index in [1.54, 1.807) is 14.2 Å². The van der Waals surface area contributed by atoms with E-state index in [1.165, 1.54) is 12.8 Å². The predicted molar refractivity (Wildman–Crippen MR) is 60.1 cm³/mol. The summed E-state index contributed by atoms with van der Waals surface area (Å²) in [6.45, 7) is 1.71. The highest BCUT2D eigenvalue weighted by molar-refractivity contribution is 4.73. The van der Waals surface area contributed by atoms with Gasteiger partial charge in [0.2, 0.25) is 0 Å². The average Bonchev–Trinajstić information content (AvgIpc) is 2.67. The predicted octanol–water partition coefficient (Wildman–Crippen LogP) is 2.39. The molecule has 2 unspecified atom stereocenters. The zero-order valence-electron chi connectivity index (χ0n) is 10.0. The van der Waals surface area contributed by atoms with Gasteiger partial charge in [-0.05, 0) is 38.5 Å². The number of hydrogen-bond acceptors (Lipinski definition) is 3. The van der Waals surface area contributed by atoms with E-state index in [0.29, 0.717) is 12.2 Å². The summed E-state index contributed by atoms with van der Waals surface area (Å²) in [6, 6.07) is 0. The van der Waals surface area contributed by atoms with Gasteiger partial charge in [0, 0.05) is 27.4 Å². The summed E-state index contributed by atoms with van der Waals surface area (Å²) < 4.78 is 16.0. The van der Waals surface area contributed by atoms with Crippen molar-refractivity contribution in [2.75, 3.05) is 27.4 Å². The van der Waals surface area contributed by atoms with Crippen LogP contribution in [0.1, 0.15) is 38.5 Å². The van der Waals surface area contributed by atoms with Gasteiger partial charge in [-0.3, -0.25) is 0 Å². The Morgan fingerprint density at radius 2 is 1.40 bits per heavy atom. The standard InChI is InChI=1S/C12H24O3/c1-13-9-3-5-11-7-8-12(15-11)6-4-10-14-2/h11-12H,3-10H2,1-2H3. The molecule has 0 amide bonds. The summed E-state index contributed by atoms with van der Waals surface area (Å²) in [5, 5.41) is 0. The van der Waals surface area contributed by atoms with E-state index >= 15 is 0 Å². The summed E-state index contributed by atoms with van der Waals surface area (Å²) in [7, 11) is 3.51. The Hall–Kier alpha value is -0.120. The molecule has 0 N–H and O–H groups in total. The Kier molecular flexibility index (Phi) is 6.98. The maximum Gasteiger partial charge on any atom is 0.0580 e. The summed E-state index contributed by atoms with van der Waals surface area (Å²) in [6.07, 6.45) is 7.93. The Balaban J connectivity index is 1.99. The van der Waals surface area contributed by atoms with E-state index in [4.69, 9.17) is 14.2 Å². The Morgan fingerprint density at radius 3 is 1.80 bits per heavy atom. The molecule has 0 aliphatic carbocycles. The molecule has 1 heterocycles. The van der Waals surface area contributed by atoms with Crippen molar-refractivity contribution in [3.63, 3.8) is 0 Å². The first-order chi connectivity index (χ1) is 7.36. The number of ether oxygens (including phenoxy) is 3. The fourth-order valence-corrected chi connectivity index (χ4v) is 2.12. The lowest BCUT2D eigenvalue weighted by Gasteiger charge is -2.13. The van der Waals surface area contributed by atoms with Crippen molar-refractivity contribution in [3.05, 3.63) is 0 Å². The minimum Gasteiger partial charge on any atom is -0.385 e. The van der Waals surface area contributed by atoms with Crippen molar-refractivity contribution in [2.24, 2.45) is 0 Å². The SMILES string of the molecule is COCCCC1CCC(CCCOC)O1. The van der Waals surface area contributed by atoms with Gasteiger partial charge in [0.05, 0.1) is 12.2 Å². The first kappa shape index (κ1) is 12.9. The molecule has 0 saturated carbocycles. The molecular weight excluding hydrogens is 192 g/mol. The maximum absolute atomic E-state index is 5.94. The van der Waals surface area contributed by atoms with Crippen LogP contribution in [-0.2, 0) is 14.2 Å². The second-order valence-corrected chi connectivity index (χ2v) is 4.23. The lowest BCUT2D eigenvalue weighted by molar-refractivity contribution is 0.0266. The molecule has 0 bridgehead atoms. The summed E-state index contributed by atoms with van der Waals surface area (Å²) in [5.74, 6) is 0. The Morgan fingerprint density at radius 1 is 0.933 bits per heavy atom. The van der Waals surface area contributed by atoms with Crippen LogP contribution in [0.4, 0.5) is 0 Å². The van der Waals surface area contributed by atoms with E-state index in [-0.39, 0.29) is 0 Å². The topological polar surface area (TPSA) is 27.7 Å². The Labute approximate surface area is 93.1 Å². The largest absolute Gasteiger partial charge is 0.385 e. The quantitative estimate of drug-likeness (QED) is 0.583. The van der Waals surface area contributed by atoms with Gasteiger partial charge in [0.1, 0.15) is 0 Å². The second-order valence-electron chi connectivity index (χ2n) is 4.23. The van der Waals surface area contributed by atoms with Gasteiger partial charge in [-0.2, -0.15) is 0 Å². The molecule has 0 aromatic carbocycles. The summed E-state index contributed by atoms with van der Waals surface area (Å²) in [5.41, 5.74) is 0. The van der Waals surface area contributed by atoms with Crippen LogP contribution in [0, 0.1) is 0 Å². The van der Waals surface area contributed by atoms with Gasteiger partial charge >= 0.3 is 0 Å². The molecule has 2 atom stereocenters. The highest BCUT2D eigenvalue weighted by Gasteiger charge is 2.24. The third-order valence-corrected chi connectivity index (χ3v) is 2.94. The van der Waals surface area contributed by atoms with Gasteiger partial charge < -0.3 is 14.2 Å².